The summed E-state index contributed by atoms with van der Waals surface area (Å²) >= 11 is 0. The molecule has 0 spiro atoms. The number of aromatic nitrogens is 1. The number of anilines is 1. The van der Waals surface area contributed by atoms with Crippen molar-refractivity contribution in [3.8, 4) is 0 Å². The highest BCUT2D eigenvalue weighted by Crippen LogP contribution is 2.27. The van der Waals surface area contributed by atoms with Crippen LogP contribution < -0.4 is 4.72 Å². The number of rotatable bonds is 7. The molecule has 1 aromatic heterocycles. The van der Waals surface area contributed by atoms with Gasteiger partial charge in [0.05, 0.1) is 18.8 Å². The van der Waals surface area contributed by atoms with Gasteiger partial charge in [0.15, 0.2) is 0 Å². The molecule has 27 heavy (non-hydrogen) atoms. The maximum Gasteiger partial charge on any atom is 0.341 e. The molecule has 1 heterocycles. The lowest BCUT2D eigenvalue weighted by atomic mass is 10.2. The summed E-state index contributed by atoms with van der Waals surface area (Å²) in [6.45, 7) is 6.88. The van der Waals surface area contributed by atoms with Crippen molar-refractivity contribution in [1.29, 1.82) is 0 Å². The molecule has 0 saturated heterocycles. The monoisotopic (exact) mass is 394 g/mol. The van der Waals surface area contributed by atoms with E-state index in [1.54, 1.807) is 27.7 Å². The van der Waals surface area contributed by atoms with Crippen LogP contribution in [-0.4, -0.2) is 38.6 Å². The molecule has 2 N–H and O–H groups in total. The fourth-order valence-electron chi connectivity index (χ4n) is 2.64. The van der Waals surface area contributed by atoms with E-state index in [1.165, 1.54) is 24.3 Å². The number of carbonyl (C=O) groups is 2. The van der Waals surface area contributed by atoms with Crippen LogP contribution in [0.1, 0.15) is 46.0 Å². The Bertz CT molecular complexity index is 945. The zero-order valence-corrected chi connectivity index (χ0v) is 16.4. The molecule has 8 nitrogen and oxygen atoms in total. The first kappa shape index (κ1) is 20.5. The molecule has 0 fully saturated rings. The van der Waals surface area contributed by atoms with Crippen LogP contribution in [0.3, 0.4) is 0 Å². The number of sulfonamides is 1. The SMILES string of the molecule is CCOC(=O)c1ccc(NS(=O)(=O)c2c(C)[nH]c(C)c2C(=O)OCC)cc1. The Balaban J connectivity index is 2.35. The second-order valence-electron chi connectivity index (χ2n) is 5.70. The highest BCUT2D eigenvalue weighted by molar-refractivity contribution is 7.92. The molecule has 9 heteroatoms. The van der Waals surface area contributed by atoms with E-state index in [1.807, 2.05) is 0 Å². The molecule has 0 atom stereocenters. The second kappa shape index (κ2) is 8.26. The molecular weight excluding hydrogens is 372 g/mol. The summed E-state index contributed by atoms with van der Waals surface area (Å²) < 4.78 is 38.0. The van der Waals surface area contributed by atoms with Crippen LogP contribution in [0.15, 0.2) is 29.2 Å². The van der Waals surface area contributed by atoms with Crippen molar-refractivity contribution in [3.63, 3.8) is 0 Å². The molecule has 0 radical (unpaired) electrons. The molecule has 0 aliphatic carbocycles. The summed E-state index contributed by atoms with van der Waals surface area (Å²) in [5.41, 5.74) is 1.26. The van der Waals surface area contributed by atoms with Crippen LogP contribution in [0.4, 0.5) is 5.69 Å². The fourth-order valence-corrected chi connectivity index (χ4v) is 4.15. The first-order valence-corrected chi connectivity index (χ1v) is 9.85. The van der Waals surface area contributed by atoms with Gasteiger partial charge in [-0.25, -0.2) is 18.0 Å². The lowest BCUT2D eigenvalue weighted by molar-refractivity contribution is 0.0514. The van der Waals surface area contributed by atoms with Gasteiger partial charge in [-0.3, -0.25) is 4.72 Å². The minimum atomic E-state index is -4.06. The minimum absolute atomic E-state index is 0.0232. The van der Waals surface area contributed by atoms with Crippen molar-refractivity contribution in [3.05, 3.63) is 46.8 Å². The third-order valence-electron chi connectivity index (χ3n) is 3.71. The number of H-pyrrole nitrogens is 1. The molecule has 1 aromatic carbocycles. The van der Waals surface area contributed by atoms with Gasteiger partial charge in [-0.1, -0.05) is 0 Å². The number of aromatic amines is 1. The van der Waals surface area contributed by atoms with Crippen molar-refractivity contribution in [2.75, 3.05) is 17.9 Å². The number of nitrogens with one attached hydrogen (secondary N) is 2. The quantitative estimate of drug-likeness (QED) is 0.698. The predicted octanol–water partition coefficient (Wildman–Crippen LogP) is 2.79. The first-order valence-electron chi connectivity index (χ1n) is 8.37. The average Bonchev–Trinajstić information content (AvgIpc) is 2.90. The van der Waals surface area contributed by atoms with Crippen molar-refractivity contribution < 1.29 is 27.5 Å². The molecule has 2 rings (SSSR count). The number of aryl methyl sites for hydroxylation is 2. The number of benzene rings is 1. The number of hydrogen-bond acceptors (Lipinski definition) is 6. The number of esters is 2. The van der Waals surface area contributed by atoms with Crippen LogP contribution in [0.5, 0.6) is 0 Å². The van der Waals surface area contributed by atoms with Gasteiger partial charge in [0.2, 0.25) is 0 Å². The van der Waals surface area contributed by atoms with Gasteiger partial charge in [0.1, 0.15) is 10.5 Å². The summed E-state index contributed by atoms with van der Waals surface area (Å²) in [7, 11) is -4.06. The van der Waals surface area contributed by atoms with Gasteiger partial charge in [-0.2, -0.15) is 0 Å². The largest absolute Gasteiger partial charge is 0.462 e. The van der Waals surface area contributed by atoms with Gasteiger partial charge in [0.25, 0.3) is 10.0 Å². The van der Waals surface area contributed by atoms with E-state index in [-0.39, 0.29) is 29.4 Å². The van der Waals surface area contributed by atoms with Crippen LogP contribution in [-0.2, 0) is 19.5 Å². The maximum atomic E-state index is 12.9. The zero-order chi connectivity index (χ0) is 20.2. The Labute approximate surface area is 157 Å². The van der Waals surface area contributed by atoms with E-state index in [4.69, 9.17) is 9.47 Å². The van der Waals surface area contributed by atoms with Crippen molar-refractivity contribution in [1.82, 2.24) is 4.98 Å². The number of ether oxygens (including phenoxy) is 2. The molecule has 0 amide bonds. The average molecular weight is 394 g/mol. The molecule has 0 bridgehead atoms. The first-order chi connectivity index (χ1) is 12.7. The van der Waals surface area contributed by atoms with Crippen LogP contribution >= 0.6 is 0 Å². The summed E-state index contributed by atoms with van der Waals surface area (Å²) in [5, 5.41) is 0. The van der Waals surface area contributed by atoms with E-state index < -0.39 is 22.0 Å². The topological polar surface area (TPSA) is 115 Å². The van der Waals surface area contributed by atoms with E-state index in [0.717, 1.165) is 0 Å². The molecule has 146 valence electrons. The number of hydrogen-bond donors (Lipinski definition) is 2. The molecule has 0 aliphatic heterocycles. The van der Waals surface area contributed by atoms with Gasteiger partial charge >= 0.3 is 11.9 Å². The van der Waals surface area contributed by atoms with Gasteiger partial charge in [0, 0.05) is 17.1 Å². The Morgan fingerprint density at radius 3 is 2.07 bits per heavy atom. The minimum Gasteiger partial charge on any atom is -0.462 e. The Morgan fingerprint density at radius 2 is 1.52 bits per heavy atom. The fraction of sp³-hybridized carbons (Fsp3) is 0.333. The van der Waals surface area contributed by atoms with Crippen LogP contribution in [0, 0.1) is 13.8 Å². The molecular formula is C18H22N2O6S. The van der Waals surface area contributed by atoms with Crippen LogP contribution in [0.25, 0.3) is 0 Å². The Morgan fingerprint density at radius 1 is 0.963 bits per heavy atom. The van der Waals surface area contributed by atoms with Crippen molar-refractivity contribution in [2.45, 2.75) is 32.6 Å². The van der Waals surface area contributed by atoms with Crippen LogP contribution in [0.2, 0.25) is 0 Å². The van der Waals surface area contributed by atoms with E-state index in [0.29, 0.717) is 17.0 Å². The van der Waals surface area contributed by atoms with Crippen molar-refractivity contribution >= 4 is 27.6 Å². The Hall–Kier alpha value is -2.81. The lowest BCUT2D eigenvalue weighted by Crippen LogP contribution is -2.18. The molecule has 2 aromatic rings. The number of carbonyl (C=O) groups excluding carboxylic acids is 2. The normalized spacial score (nSPS) is 11.1. The second-order valence-corrected chi connectivity index (χ2v) is 7.32. The van der Waals surface area contributed by atoms with Gasteiger partial charge in [-0.05, 0) is 52.0 Å². The highest BCUT2D eigenvalue weighted by Gasteiger charge is 2.30. The third-order valence-corrected chi connectivity index (χ3v) is 5.27. The summed E-state index contributed by atoms with van der Waals surface area (Å²) in [6, 6.07) is 5.81. The maximum absolute atomic E-state index is 12.9. The smallest absolute Gasteiger partial charge is 0.341 e. The van der Waals surface area contributed by atoms with E-state index >= 15 is 0 Å². The summed E-state index contributed by atoms with van der Waals surface area (Å²) in [4.78, 5) is 26.6. The molecule has 0 unspecified atom stereocenters. The summed E-state index contributed by atoms with van der Waals surface area (Å²) in [5.74, 6) is -1.20. The van der Waals surface area contributed by atoms with E-state index in [2.05, 4.69) is 9.71 Å². The predicted molar refractivity (Wildman–Crippen MR) is 99.4 cm³/mol. The zero-order valence-electron chi connectivity index (χ0n) is 15.6. The Kier molecular flexibility index (Phi) is 6.27. The highest BCUT2D eigenvalue weighted by atomic mass is 32.2. The summed E-state index contributed by atoms with van der Waals surface area (Å²) in [6.07, 6.45) is 0. The third kappa shape index (κ3) is 4.48. The van der Waals surface area contributed by atoms with Crippen molar-refractivity contribution in [2.24, 2.45) is 0 Å². The van der Waals surface area contributed by atoms with Gasteiger partial charge < -0.3 is 14.5 Å². The van der Waals surface area contributed by atoms with E-state index in [9.17, 15) is 18.0 Å². The standard InChI is InChI=1S/C18H22N2O6S/c1-5-25-17(21)13-7-9-14(10-8-13)20-27(23,24)16-12(4)19-11(3)15(16)18(22)26-6-2/h7-10,19-20H,5-6H2,1-4H3. The lowest BCUT2D eigenvalue weighted by Gasteiger charge is -2.11. The molecule has 0 saturated carbocycles. The van der Waals surface area contributed by atoms with Gasteiger partial charge in [-0.15, -0.1) is 0 Å². The molecule has 0 aliphatic rings.